The molecule has 0 radical (unpaired) electrons. The first-order valence-electron chi connectivity index (χ1n) is 13.1. The molecule has 2 aromatic heterocycles. The Morgan fingerprint density at radius 1 is 1.16 bits per heavy atom. The highest BCUT2D eigenvalue weighted by molar-refractivity contribution is 6.30. The lowest BCUT2D eigenvalue weighted by Gasteiger charge is -2.44. The quantitative estimate of drug-likeness (QED) is 0.529. The molecule has 37 heavy (non-hydrogen) atoms. The van der Waals surface area contributed by atoms with E-state index in [1.807, 2.05) is 25.7 Å². The largest absolute Gasteiger partial charge is 0.463 e. The smallest absolute Gasteiger partial charge is 0.410 e. The second-order valence-electron chi connectivity index (χ2n) is 11.6. The van der Waals surface area contributed by atoms with Crippen molar-refractivity contribution in [1.82, 2.24) is 24.8 Å². The normalized spacial score (nSPS) is 24.9. The number of ether oxygens (including phenoxy) is 2. The van der Waals surface area contributed by atoms with Crippen LogP contribution in [0.15, 0.2) is 6.20 Å². The molecule has 2 saturated heterocycles. The zero-order valence-corrected chi connectivity index (χ0v) is 22.9. The highest BCUT2D eigenvalue weighted by Gasteiger charge is 2.47. The Morgan fingerprint density at radius 2 is 1.89 bits per heavy atom. The van der Waals surface area contributed by atoms with Crippen LogP contribution < -0.4 is 9.64 Å². The van der Waals surface area contributed by atoms with Crippen molar-refractivity contribution in [3.8, 4) is 6.01 Å². The first-order valence-corrected chi connectivity index (χ1v) is 13.5. The molecule has 1 aliphatic carbocycles. The maximum absolute atomic E-state index is 15.1. The summed E-state index contributed by atoms with van der Waals surface area (Å²) >= 11 is 6.01. The highest BCUT2D eigenvalue weighted by atomic mass is 35.5. The Bertz CT molecular complexity index is 1170. The molecule has 0 aromatic carbocycles. The Balaban J connectivity index is 1.39. The Kier molecular flexibility index (Phi) is 7.08. The van der Waals surface area contributed by atoms with Crippen LogP contribution >= 0.6 is 11.6 Å². The molecule has 5 rings (SSSR count). The zero-order valence-electron chi connectivity index (χ0n) is 22.1. The number of carbonyl (C=O) groups excluding carboxylic acids is 1. The molecule has 202 valence electrons. The monoisotopic (exact) mass is 534 g/mol. The van der Waals surface area contributed by atoms with Gasteiger partial charge in [-0.05, 0) is 60.0 Å². The molecule has 2 aromatic rings. The summed E-state index contributed by atoms with van der Waals surface area (Å²) in [6.07, 6.45) is 6.87. The predicted octanol–water partition coefficient (Wildman–Crippen LogP) is 4.52. The van der Waals surface area contributed by atoms with Crippen LogP contribution in [-0.4, -0.2) is 88.9 Å². The van der Waals surface area contributed by atoms with Gasteiger partial charge >= 0.3 is 12.1 Å². The number of aromatic nitrogens is 3. The second kappa shape index (κ2) is 10.0. The summed E-state index contributed by atoms with van der Waals surface area (Å²) < 4.78 is 26.8. The maximum Gasteiger partial charge on any atom is 0.410 e. The molecule has 2 aliphatic heterocycles. The number of amides is 1. The van der Waals surface area contributed by atoms with Crippen molar-refractivity contribution in [2.75, 3.05) is 51.3 Å². The van der Waals surface area contributed by atoms with Gasteiger partial charge in [0.15, 0.2) is 11.0 Å². The van der Waals surface area contributed by atoms with Crippen molar-refractivity contribution in [3.05, 3.63) is 17.2 Å². The minimum Gasteiger partial charge on any atom is -0.463 e. The maximum atomic E-state index is 15.1. The molecular formula is C26H36ClFN6O3. The van der Waals surface area contributed by atoms with E-state index < -0.39 is 11.4 Å². The van der Waals surface area contributed by atoms with Crippen LogP contribution in [0.4, 0.5) is 15.0 Å². The van der Waals surface area contributed by atoms with E-state index in [4.69, 9.17) is 26.1 Å². The number of carbonyl (C=O) groups is 1. The van der Waals surface area contributed by atoms with E-state index in [1.54, 1.807) is 4.90 Å². The summed E-state index contributed by atoms with van der Waals surface area (Å²) in [5.74, 6) is -0.150. The molecule has 0 spiro atoms. The lowest BCUT2D eigenvalue weighted by molar-refractivity contribution is 0.0133. The van der Waals surface area contributed by atoms with Gasteiger partial charge in [-0.1, -0.05) is 18.0 Å². The lowest BCUT2D eigenvalue weighted by Crippen LogP contribution is -2.50. The van der Waals surface area contributed by atoms with Crippen molar-refractivity contribution in [3.63, 3.8) is 0 Å². The van der Waals surface area contributed by atoms with E-state index in [1.165, 1.54) is 19.0 Å². The molecule has 11 heteroatoms. The molecule has 9 nitrogen and oxygen atoms in total. The molecule has 3 aliphatic rings. The van der Waals surface area contributed by atoms with Crippen LogP contribution in [0.2, 0.25) is 5.15 Å². The van der Waals surface area contributed by atoms with E-state index in [0.29, 0.717) is 50.0 Å². The van der Waals surface area contributed by atoms with Gasteiger partial charge in [-0.2, -0.15) is 9.97 Å². The van der Waals surface area contributed by atoms with Crippen molar-refractivity contribution in [1.29, 1.82) is 0 Å². The fourth-order valence-electron chi connectivity index (χ4n) is 6.12. The van der Waals surface area contributed by atoms with Gasteiger partial charge in [0.05, 0.1) is 12.0 Å². The molecular weight excluding hydrogens is 499 g/mol. The molecule has 1 saturated carbocycles. The number of piperidine rings is 1. The molecule has 1 amide bonds. The zero-order chi connectivity index (χ0) is 26.4. The third-order valence-electron chi connectivity index (χ3n) is 7.90. The lowest BCUT2D eigenvalue weighted by atomic mass is 9.76. The number of likely N-dealkylation sites (tertiary alicyclic amines) is 1. The summed E-state index contributed by atoms with van der Waals surface area (Å²) in [5.41, 5.74) is -0.397. The number of rotatable bonds is 4. The first-order chi connectivity index (χ1) is 17.6. The Labute approximate surface area is 222 Å². The summed E-state index contributed by atoms with van der Waals surface area (Å²) in [6, 6.07) is 0.629. The Morgan fingerprint density at radius 3 is 2.62 bits per heavy atom. The van der Waals surface area contributed by atoms with E-state index in [2.05, 4.69) is 21.9 Å². The van der Waals surface area contributed by atoms with Gasteiger partial charge in [0.2, 0.25) is 0 Å². The number of fused-ring (bicyclic) bond motifs is 2. The van der Waals surface area contributed by atoms with Crippen molar-refractivity contribution in [2.45, 2.75) is 64.5 Å². The standard InChI is InChI=1S/C26H36ClFN6O3/c1-25(2,3)37-24(35)34-13-11-33(12-14-34)22-17-15-29-21(27)19(28)20(17)30-23(31-22)36-16-26-8-5-7-18(26)32(4)10-6-9-26/h15,18H,5-14,16H2,1-4H3/t18-,26-/m1/s1. The van der Waals surface area contributed by atoms with Crippen molar-refractivity contribution < 1.29 is 18.7 Å². The first kappa shape index (κ1) is 26.2. The number of halogens is 2. The van der Waals surface area contributed by atoms with Gasteiger partial charge in [0.1, 0.15) is 16.9 Å². The van der Waals surface area contributed by atoms with Crippen LogP contribution in [0.25, 0.3) is 10.9 Å². The molecule has 2 atom stereocenters. The molecule has 0 bridgehead atoms. The van der Waals surface area contributed by atoms with E-state index >= 15 is 4.39 Å². The third kappa shape index (κ3) is 5.27. The Hall–Kier alpha value is -2.46. The van der Waals surface area contributed by atoms with Crippen molar-refractivity contribution in [2.24, 2.45) is 5.41 Å². The molecule has 0 N–H and O–H groups in total. The molecule has 0 unspecified atom stereocenters. The highest BCUT2D eigenvalue weighted by Crippen LogP contribution is 2.47. The number of hydrogen-bond acceptors (Lipinski definition) is 8. The van der Waals surface area contributed by atoms with Crippen LogP contribution in [0, 0.1) is 11.2 Å². The van der Waals surface area contributed by atoms with Gasteiger partial charge in [0, 0.05) is 43.8 Å². The molecule has 4 heterocycles. The van der Waals surface area contributed by atoms with E-state index in [9.17, 15) is 4.79 Å². The number of nitrogens with zero attached hydrogens (tertiary/aromatic N) is 6. The number of hydrogen-bond donors (Lipinski definition) is 0. The average molecular weight is 535 g/mol. The summed E-state index contributed by atoms with van der Waals surface area (Å²) in [4.78, 5) is 31.8. The van der Waals surface area contributed by atoms with Crippen LogP contribution in [-0.2, 0) is 4.74 Å². The minimum absolute atomic E-state index is 0.0684. The van der Waals surface area contributed by atoms with Crippen LogP contribution in [0.1, 0.15) is 52.9 Å². The van der Waals surface area contributed by atoms with Gasteiger partial charge in [-0.3, -0.25) is 0 Å². The van der Waals surface area contributed by atoms with Gasteiger partial charge in [-0.15, -0.1) is 0 Å². The SMILES string of the molecule is CN1CCC[C@@]2(COc3nc(N4CCN(C(=O)OC(C)(C)C)CC4)c4cnc(Cl)c(F)c4n3)CCC[C@@H]12. The van der Waals surface area contributed by atoms with E-state index in [-0.39, 0.29) is 28.2 Å². The predicted molar refractivity (Wildman–Crippen MR) is 140 cm³/mol. The summed E-state index contributed by atoms with van der Waals surface area (Å²) in [6.45, 7) is 9.07. The third-order valence-corrected chi connectivity index (χ3v) is 8.16. The number of pyridine rings is 1. The average Bonchev–Trinajstić information content (AvgIpc) is 3.30. The molecule has 3 fully saturated rings. The van der Waals surface area contributed by atoms with Crippen LogP contribution in [0.5, 0.6) is 6.01 Å². The van der Waals surface area contributed by atoms with Gasteiger partial charge in [0.25, 0.3) is 0 Å². The summed E-state index contributed by atoms with van der Waals surface area (Å²) in [5, 5.41) is 0.232. The minimum atomic E-state index is -0.686. The van der Waals surface area contributed by atoms with Gasteiger partial charge in [-0.25, -0.2) is 14.2 Å². The fraction of sp³-hybridized carbons (Fsp3) is 0.692. The number of anilines is 1. The van der Waals surface area contributed by atoms with Gasteiger partial charge < -0.3 is 24.2 Å². The number of piperazine rings is 1. The topological polar surface area (TPSA) is 83.9 Å². The fourth-order valence-corrected chi connectivity index (χ4v) is 6.26. The van der Waals surface area contributed by atoms with Crippen molar-refractivity contribution >= 4 is 34.4 Å². The van der Waals surface area contributed by atoms with Crippen LogP contribution in [0.3, 0.4) is 0 Å². The van der Waals surface area contributed by atoms with E-state index in [0.717, 1.165) is 25.8 Å². The summed E-state index contributed by atoms with van der Waals surface area (Å²) in [7, 11) is 2.19. The second-order valence-corrected chi connectivity index (χ2v) is 11.9.